The molecule has 2 heterocycles. The lowest BCUT2D eigenvalue weighted by molar-refractivity contribution is 0.187. The number of likely N-dealkylation sites (tertiary alicyclic amines) is 1. The van der Waals surface area contributed by atoms with Crippen LogP contribution in [0.15, 0.2) is 10.5 Å². The minimum absolute atomic E-state index is 0.124. The van der Waals surface area contributed by atoms with E-state index in [2.05, 4.69) is 50.9 Å². The van der Waals surface area contributed by atoms with Crippen LogP contribution in [0, 0.1) is 6.92 Å². The molecule has 3 heteroatoms. The second kappa shape index (κ2) is 6.97. The molecule has 0 spiro atoms. The second-order valence-corrected chi connectivity index (χ2v) is 7.59. The third-order valence-corrected chi connectivity index (χ3v) is 4.40. The zero-order chi connectivity index (χ0) is 15.5. The van der Waals surface area contributed by atoms with Gasteiger partial charge in [-0.3, -0.25) is 4.90 Å². The summed E-state index contributed by atoms with van der Waals surface area (Å²) in [6.45, 7) is 14.0. The maximum absolute atomic E-state index is 6.10. The summed E-state index contributed by atoms with van der Waals surface area (Å²) in [5.74, 6) is 2.20. The molecule has 0 aromatic carbocycles. The van der Waals surface area contributed by atoms with Crippen molar-refractivity contribution in [1.29, 1.82) is 0 Å². The summed E-state index contributed by atoms with van der Waals surface area (Å²) < 4.78 is 6.10. The van der Waals surface area contributed by atoms with E-state index < -0.39 is 0 Å². The van der Waals surface area contributed by atoms with Crippen molar-refractivity contribution < 1.29 is 4.42 Å². The third kappa shape index (κ3) is 5.15. The van der Waals surface area contributed by atoms with Crippen molar-refractivity contribution in [2.24, 2.45) is 0 Å². The van der Waals surface area contributed by atoms with E-state index in [-0.39, 0.29) is 5.54 Å². The molecule has 120 valence electrons. The van der Waals surface area contributed by atoms with E-state index in [0.29, 0.717) is 6.04 Å². The number of nitrogens with zero attached hydrogens (tertiary/aromatic N) is 1. The van der Waals surface area contributed by atoms with Crippen molar-refractivity contribution in [2.75, 3.05) is 6.54 Å². The molecule has 0 saturated carbocycles. The fraction of sp³-hybridized carbons (Fsp3) is 0.778. The molecule has 1 unspecified atom stereocenters. The van der Waals surface area contributed by atoms with Gasteiger partial charge in [0.2, 0.25) is 0 Å². The standard InChI is InChI=1S/C18H32N2O/c1-14-11-16(21-17(14)12-19-18(3,4)5)13-20-10-8-6-7-9-15(20)2/h11,15,19H,6-10,12-13H2,1-5H3. The van der Waals surface area contributed by atoms with Gasteiger partial charge in [0, 0.05) is 11.6 Å². The minimum Gasteiger partial charge on any atom is -0.463 e. The fourth-order valence-corrected chi connectivity index (χ4v) is 2.96. The van der Waals surface area contributed by atoms with E-state index in [1.54, 1.807) is 0 Å². The number of furan rings is 1. The molecule has 1 aliphatic heterocycles. The van der Waals surface area contributed by atoms with E-state index in [9.17, 15) is 0 Å². The van der Waals surface area contributed by atoms with Crippen LogP contribution in [0.25, 0.3) is 0 Å². The Bertz CT molecular complexity index is 445. The van der Waals surface area contributed by atoms with Crippen LogP contribution in [0.1, 0.15) is 70.5 Å². The average molecular weight is 292 g/mol. The van der Waals surface area contributed by atoms with Crippen molar-refractivity contribution in [3.8, 4) is 0 Å². The molecule has 2 rings (SSSR count). The SMILES string of the molecule is Cc1cc(CN2CCCCCC2C)oc1CNC(C)(C)C. The topological polar surface area (TPSA) is 28.4 Å². The van der Waals surface area contributed by atoms with Crippen LogP contribution in [0.4, 0.5) is 0 Å². The lowest BCUT2D eigenvalue weighted by Crippen LogP contribution is -2.35. The van der Waals surface area contributed by atoms with Crippen molar-refractivity contribution in [3.05, 3.63) is 23.2 Å². The van der Waals surface area contributed by atoms with Gasteiger partial charge >= 0.3 is 0 Å². The molecule has 1 aliphatic rings. The maximum Gasteiger partial charge on any atom is 0.120 e. The monoisotopic (exact) mass is 292 g/mol. The predicted molar refractivity (Wildman–Crippen MR) is 88.4 cm³/mol. The summed E-state index contributed by atoms with van der Waals surface area (Å²) in [6, 6.07) is 2.89. The van der Waals surface area contributed by atoms with Crippen molar-refractivity contribution in [3.63, 3.8) is 0 Å². The Morgan fingerprint density at radius 2 is 2.05 bits per heavy atom. The smallest absolute Gasteiger partial charge is 0.120 e. The molecule has 1 fully saturated rings. The summed E-state index contributed by atoms with van der Waals surface area (Å²) in [7, 11) is 0. The zero-order valence-corrected chi connectivity index (χ0v) is 14.5. The number of nitrogens with one attached hydrogen (secondary N) is 1. The highest BCUT2D eigenvalue weighted by Gasteiger charge is 2.19. The molecule has 0 amide bonds. The van der Waals surface area contributed by atoms with Gasteiger partial charge in [-0.25, -0.2) is 0 Å². The van der Waals surface area contributed by atoms with Crippen LogP contribution in [-0.4, -0.2) is 23.0 Å². The molecule has 0 radical (unpaired) electrons. The molecule has 1 aromatic heterocycles. The summed E-state index contributed by atoms with van der Waals surface area (Å²) >= 11 is 0. The summed E-state index contributed by atoms with van der Waals surface area (Å²) in [4.78, 5) is 2.58. The molecule has 1 aromatic rings. The normalized spacial score (nSPS) is 21.5. The highest BCUT2D eigenvalue weighted by atomic mass is 16.3. The first kappa shape index (κ1) is 16.6. The molecule has 1 atom stereocenters. The van der Waals surface area contributed by atoms with Gasteiger partial charge in [0.15, 0.2) is 0 Å². The highest BCUT2D eigenvalue weighted by Crippen LogP contribution is 2.22. The molecular weight excluding hydrogens is 260 g/mol. The Balaban J connectivity index is 1.97. The van der Waals surface area contributed by atoms with Crippen LogP contribution in [0.3, 0.4) is 0 Å². The van der Waals surface area contributed by atoms with Crippen LogP contribution >= 0.6 is 0 Å². The van der Waals surface area contributed by atoms with Crippen LogP contribution in [0.5, 0.6) is 0 Å². The van der Waals surface area contributed by atoms with E-state index in [0.717, 1.165) is 24.6 Å². The van der Waals surface area contributed by atoms with E-state index in [4.69, 9.17) is 4.42 Å². The van der Waals surface area contributed by atoms with Crippen molar-refractivity contribution >= 4 is 0 Å². The van der Waals surface area contributed by atoms with Gasteiger partial charge < -0.3 is 9.73 Å². The molecule has 1 N–H and O–H groups in total. The van der Waals surface area contributed by atoms with E-state index in [1.807, 2.05) is 0 Å². The molecule has 3 nitrogen and oxygen atoms in total. The van der Waals surface area contributed by atoms with Crippen LogP contribution in [-0.2, 0) is 13.1 Å². The van der Waals surface area contributed by atoms with Gasteiger partial charge in [0.05, 0.1) is 13.1 Å². The number of hydrogen-bond acceptors (Lipinski definition) is 3. The van der Waals surface area contributed by atoms with Gasteiger partial charge in [-0.1, -0.05) is 12.8 Å². The van der Waals surface area contributed by atoms with Gasteiger partial charge in [-0.05, 0) is 65.6 Å². The largest absolute Gasteiger partial charge is 0.463 e. The van der Waals surface area contributed by atoms with Crippen molar-refractivity contribution in [2.45, 2.75) is 85.0 Å². The Morgan fingerprint density at radius 3 is 2.76 bits per heavy atom. The quantitative estimate of drug-likeness (QED) is 0.899. The predicted octanol–water partition coefficient (Wildman–Crippen LogP) is 4.24. The summed E-state index contributed by atoms with van der Waals surface area (Å²) in [5.41, 5.74) is 1.39. The van der Waals surface area contributed by atoms with Crippen LogP contribution in [0.2, 0.25) is 0 Å². The number of hydrogen-bond donors (Lipinski definition) is 1. The Kier molecular flexibility index (Phi) is 5.50. The molecule has 0 bridgehead atoms. The number of aryl methyl sites for hydroxylation is 1. The van der Waals surface area contributed by atoms with Crippen molar-refractivity contribution in [1.82, 2.24) is 10.2 Å². The van der Waals surface area contributed by atoms with Gasteiger partial charge in [0.25, 0.3) is 0 Å². The van der Waals surface area contributed by atoms with E-state index >= 15 is 0 Å². The first-order valence-electron chi connectivity index (χ1n) is 8.42. The zero-order valence-electron chi connectivity index (χ0n) is 14.5. The first-order valence-corrected chi connectivity index (χ1v) is 8.42. The minimum atomic E-state index is 0.124. The molecule has 1 saturated heterocycles. The second-order valence-electron chi connectivity index (χ2n) is 7.59. The third-order valence-electron chi connectivity index (χ3n) is 4.40. The average Bonchev–Trinajstić information content (AvgIpc) is 2.60. The maximum atomic E-state index is 6.10. The Labute approximate surface area is 130 Å². The first-order chi connectivity index (χ1) is 9.85. The molecule has 21 heavy (non-hydrogen) atoms. The summed E-state index contributed by atoms with van der Waals surface area (Å²) in [5, 5.41) is 3.51. The van der Waals surface area contributed by atoms with E-state index in [1.165, 1.54) is 37.8 Å². The fourth-order valence-electron chi connectivity index (χ4n) is 2.96. The molecule has 0 aliphatic carbocycles. The van der Waals surface area contributed by atoms with Crippen LogP contribution < -0.4 is 5.32 Å². The lowest BCUT2D eigenvalue weighted by atomic mass is 10.1. The summed E-state index contributed by atoms with van der Waals surface area (Å²) in [6.07, 6.45) is 5.38. The Hall–Kier alpha value is -0.800. The highest BCUT2D eigenvalue weighted by molar-refractivity contribution is 5.20. The van der Waals surface area contributed by atoms with Gasteiger partial charge in [0.1, 0.15) is 11.5 Å². The van der Waals surface area contributed by atoms with Gasteiger partial charge in [-0.2, -0.15) is 0 Å². The molecular formula is C18H32N2O. The lowest BCUT2D eigenvalue weighted by Gasteiger charge is -2.25. The van der Waals surface area contributed by atoms with Gasteiger partial charge in [-0.15, -0.1) is 0 Å². The number of rotatable bonds is 4. The Morgan fingerprint density at radius 1 is 1.29 bits per heavy atom.